The first-order valence-electron chi connectivity index (χ1n) is 23.6. The van der Waals surface area contributed by atoms with Gasteiger partial charge in [-0.05, 0) is 90.0 Å². The van der Waals surface area contributed by atoms with Crippen LogP contribution in [0, 0.1) is 0 Å². The molecule has 326 valence electrons. The van der Waals surface area contributed by atoms with Gasteiger partial charge in [-0.2, -0.15) is 0 Å². The normalized spacial score (nSPS) is 12.0. The molecule has 6 nitrogen and oxygen atoms in total. The molecule has 0 saturated carbocycles. The lowest BCUT2D eigenvalue weighted by molar-refractivity contribution is 0.669. The van der Waals surface area contributed by atoms with E-state index < -0.39 is 0 Å². The second-order valence-electron chi connectivity index (χ2n) is 18.1. The van der Waals surface area contributed by atoms with Crippen LogP contribution < -0.4 is 0 Å². The lowest BCUT2D eigenvalue weighted by Crippen LogP contribution is -1.98. The number of furan rings is 2. The van der Waals surface area contributed by atoms with E-state index in [0.717, 1.165) is 127 Å². The van der Waals surface area contributed by atoms with Crippen LogP contribution in [0.15, 0.2) is 239 Å². The van der Waals surface area contributed by atoms with E-state index in [0.29, 0.717) is 5.82 Å². The van der Waals surface area contributed by atoms with Crippen LogP contribution in [0.2, 0.25) is 0 Å². The van der Waals surface area contributed by atoms with Crippen molar-refractivity contribution in [3.63, 3.8) is 0 Å². The first-order chi connectivity index (χ1) is 34.7. The van der Waals surface area contributed by atoms with Crippen molar-refractivity contribution in [2.75, 3.05) is 0 Å². The van der Waals surface area contributed by atoms with Crippen LogP contribution >= 0.6 is 0 Å². The average molecular weight is 895 g/mol. The zero-order valence-corrected chi connectivity index (χ0v) is 37.5. The highest BCUT2D eigenvalue weighted by Gasteiger charge is 2.21. The number of rotatable bonds is 6. The van der Waals surface area contributed by atoms with Gasteiger partial charge in [0.2, 0.25) is 0 Å². The van der Waals surface area contributed by atoms with Gasteiger partial charge in [-0.25, -0.2) is 9.97 Å². The summed E-state index contributed by atoms with van der Waals surface area (Å²) in [5, 5.41) is 9.08. The SMILES string of the molecule is c1ccc(-c2cc(-c3ccccc3)nc(-c3cccc(-n4c5ccc(-c6ccc7c(c6)c6cc8c(cc6n7-c6ccccc6)oc6ccccc68)cc5c5cc6c(cc54)oc4ccccc46)c3)n2)cc1. The Kier molecular flexibility index (Phi) is 8.26. The third kappa shape index (κ3) is 5.93. The second kappa shape index (κ2) is 15.0. The zero-order chi connectivity index (χ0) is 45.9. The van der Waals surface area contributed by atoms with Crippen molar-refractivity contribution in [1.82, 2.24) is 19.1 Å². The van der Waals surface area contributed by atoms with Crippen molar-refractivity contribution in [3.05, 3.63) is 231 Å². The Hall–Kier alpha value is -9.52. The number of aromatic nitrogens is 4. The monoisotopic (exact) mass is 894 g/mol. The van der Waals surface area contributed by atoms with E-state index >= 15 is 0 Å². The van der Waals surface area contributed by atoms with Crippen LogP contribution in [0.3, 0.4) is 0 Å². The van der Waals surface area contributed by atoms with Crippen molar-refractivity contribution in [1.29, 1.82) is 0 Å². The van der Waals surface area contributed by atoms with Gasteiger partial charge in [-0.1, -0.05) is 140 Å². The average Bonchev–Trinajstić information content (AvgIpc) is 4.17. The smallest absolute Gasteiger partial charge is 0.160 e. The van der Waals surface area contributed by atoms with Gasteiger partial charge in [0, 0.05) is 83.3 Å². The summed E-state index contributed by atoms with van der Waals surface area (Å²) >= 11 is 0. The van der Waals surface area contributed by atoms with Gasteiger partial charge >= 0.3 is 0 Å². The topological polar surface area (TPSA) is 61.9 Å². The number of hydrogen-bond acceptors (Lipinski definition) is 4. The lowest BCUT2D eigenvalue weighted by Gasteiger charge is -2.12. The third-order valence-electron chi connectivity index (χ3n) is 14.1. The van der Waals surface area contributed by atoms with Gasteiger partial charge in [0.05, 0.1) is 33.5 Å². The molecule has 5 aromatic heterocycles. The third-order valence-corrected chi connectivity index (χ3v) is 14.1. The molecule has 5 heterocycles. The Labute approximate surface area is 400 Å². The lowest BCUT2D eigenvalue weighted by atomic mass is 10.00. The molecule has 0 bridgehead atoms. The first-order valence-corrected chi connectivity index (χ1v) is 23.6. The predicted octanol–water partition coefficient (Wildman–Crippen LogP) is 17.1. The quantitative estimate of drug-likeness (QED) is 0.167. The van der Waals surface area contributed by atoms with E-state index in [1.54, 1.807) is 0 Å². The zero-order valence-electron chi connectivity index (χ0n) is 37.5. The van der Waals surface area contributed by atoms with Gasteiger partial charge in [-0.15, -0.1) is 0 Å². The van der Waals surface area contributed by atoms with Crippen molar-refractivity contribution in [3.8, 4) is 56.4 Å². The van der Waals surface area contributed by atoms with Crippen LogP contribution in [-0.4, -0.2) is 19.1 Å². The highest BCUT2D eigenvalue weighted by Crippen LogP contribution is 2.43. The summed E-state index contributed by atoms with van der Waals surface area (Å²) in [4.78, 5) is 10.4. The fourth-order valence-corrected chi connectivity index (χ4v) is 10.8. The van der Waals surface area contributed by atoms with Crippen LogP contribution in [-0.2, 0) is 0 Å². The largest absolute Gasteiger partial charge is 0.456 e. The van der Waals surface area contributed by atoms with E-state index in [-0.39, 0.29) is 0 Å². The van der Waals surface area contributed by atoms with Gasteiger partial charge in [0.25, 0.3) is 0 Å². The summed E-state index contributed by atoms with van der Waals surface area (Å²) in [5.74, 6) is 0.662. The minimum Gasteiger partial charge on any atom is -0.456 e. The molecular weight excluding hydrogens is 857 g/mol. The molecule has 0 atom stereocenters. The molecule has 0 spiro atoms. The van der Waals surface area contributed by atoms with Crippen molar-refractivity contribution in [2.24, 2.45) is 0 Å². The molecule has 0 radical (unpaired) electrons. The molecule has 0 N–H and O–H groups in total. The molecule has 0 aliphatic rings. The van der Waals surface area contributed by atoms with Crippen LogP contribution in [0.25, 0.3) is 144 Å². The summed E-state index contributed by atoms with van der Waals surface area (Å²) in [7, 11) is 0. The predicted molar refractivity (Wildman–Crippen MR) is 287 cm³/mol. The van der Waals surface area contributed by atoms with Gasteiger partial charge in [0.15, 0.2) is 5.82 Å². The molecule has 0 fully saturated rings. The van der Waals surface area contributed by atoms with Gasteiger partial charge in [0.1, 0.15) is 22.3 Å². The number of benzene rings is 10. The highest BCUT2D eigenvalue weighted by atomic mass is 16.3. The molecule has 10 aromatic carbocycles. The van der Waals surface area contributed by atoms with Crippen LogP contribution in [0.1, 0.15) is 0 Å². The van der Waals surface area contributed by atoms with Crippen LogP contribution in [0.4, 0.5) is 0 Å². The Balaban J connectivity index is 0.940. The molecule has 70 heavy (non-hydrogen) atoms. The first kappa shape index (κ1) is 38.6. The van der Waals surface area contributed by atoms with E-state index in [1.165, 1.54) is 10.8 Å². The fourth-order valence-electron chi connectivity index (χ4n) is 10.8. The molecular formula is C64H38N4O2. The van der Waals surface area contributed by atoms with Gasteiger partial charge in [-0.3, -0.25) is 0 Å². The molecule has 0 saturated heterocycles. The molecule has 15 rings (SSSR count). The summed E-state index contributed by atoms with van der Waals surface area (Å²) in [6, 6.07) is 81.5. The molecule has 0 aliphatic heterocycles. The van der Waals surface area contributed by atoms with E-state index in [1.807, 2.05) is 36.4 Å². The van der Waals surface area contributed by atoms with Gasteiger partial charge < -0.3 is 18.0 Å². The van der Waals surface area contributed by atoms with Crippen molar-refractivity contribution >= 4 is 87.5 Å². The molecule has 0 amide bonds. The number of hydrogen-bond donors (Lipinski definition) is 0. The minimum absolute atomic E-state index is 0.662. The molecule has 6 heteroatoms. The number of nitrogens with zero attached hydrogens (tertiary/aromatic N) is 4. The molecule has 0 unspecified atom stereocenters. The second-order valence-corrected chi connectivity index (χ2v) is 18.1. The maximum atomic E-state index is 6.56. The van der Waals surface area contributed by atoms with E-state index in [4.69, 9.17) is 18.8 Å². The summed E-state index contributed by atoms with van der Waals surface area (Å²) < 4.78 is 17.7. The number of fused-ring (bicyclic) bond motifs is 12. The number of para-hydroxylation sites is 3. The Morgan fingerprint density at radius 1 is 0.257 bits per heavy atom. The molecule has 0 aliphatic carbocycles. The standard InChI is InChI=1S/C64H38N4O2/c1-4-15-39(16-5-1)54-36-55(40-17-6-2-7-18-40)66-64(65-54)43-19-14-22-45(31-43)68-57-30-28-42(33-49(57)51-35-53-47-24-11-13-26-61(47)70-63(53)38-59(51)68)41-27-29-56-48(32-41)50-34-52-46-23-10-12-25-60(46)69-62(52)37-58(50)67(56)44-20-8-3-9-21-44/h1-38H. The minimum atomic E-state index is 0.662. The molecule has 15 aromatic rings. The Bertz CT molecular complexity index is 4520. The Morgan fingerprint density at radius 3 is 1.24 bits per heavy atom. The Morgan fingerprint density at radius 2 is 0.700 bits per heavy atom. The summed E-state index contributed by atoms with van der Waals surface area (Å²) in [5.41, 5.74) is 17.0. The van der Waals surface area contributed by atoms with Crippen molar-refractivity contribution in [2.45, 2.75) is 0 Å². The highest BCUT2D eigenvalue weighted by molar-refractivity contribution is 6.20. The summed E-state index contributed by atoms with van der Waals surface area (Å²) in [6.45, 7) is 0. The van der Waals surface area contributed by atoms with E-state index in [9.17, 15) is 0 Å². The maximum Gasteiger partial charge on any atom is 0.160 e. The van der Waals surface area contributed by atoms with Crippen LogP contribution in [0.5, 0.6) is 0 Å². The van der Waals surface area contributed by atoms with Crippen molar-refractivity contribution < 1.29 is 8.83 Å². The fraction of sp³-hybridized carbons (Fsp3) is 0. The van der Waals surface area contributed by atoms with E-state index in [2.05, 4.69) is 203 Å². The summed E-state index contributed by atoms with van der Waals surface area (Å²) in [6.07, 6.45) is 0. The maximum absolute atomic E-state index is 6.56.